The Hall–Kier alpha value is -2.21. The summed E-state index contributed by atoms with van der Waals surface area (Å²) in [5.41, 5.74) is -0.124. The minimum absolute atomic E-state index is 0.333. The molecule has 3 atom stereocenters. The van der Waals surface area contributed by atoms with Crippen LogP contribution in [0.1, 0.15) is 37.8 Å². The molecule has 8 nitrogen and oxygen atoms in total. The first-order valence-electron chi connectivity index (χ1n) is 10.3. The van der Waals surface area contributed by atoms with E-state index < -0.39 is 35.9 Å². The molecule has 11 heteroatoms. The van der Waals surface area contributed by atoms with E-state index in [4.69, 9.17) is 20.4 Å². The average molecular weight is 464 g/mol. The van der Waals surface area contributed by atoms with Gasteiger partial charge in [-0.3, -0.25) is 4.90 Å². The quantitative estimate of drug-likeness (QED) is 0.374. The Bertz CT molecular complexity index is 720. The van der Waals surface area contributed by atoms with Crippen molar-refractivity contribution >= 4 is 11.9 Å². The fraction of sp³-hybridized carbons (Fsp3) is 0.619. The van der Waals surface area contributed by atoms with Gasteiger partial charge in [-0.25, -0.2) is 9.59 Å². The van der Waals surface area contributed by atoms with Crippen molar-refractivity contribution in [3.63, 3.8) is 0 Å². The summed E-state index contributed by atoms with van der Waals surface area (Å²) in [7, 11) is 0. The first kappa shape index (κ1) is 27.8. The number of nitrogens with zero attached hydrogens (tertiary/aromatic N) is 1. The van der Waals surface area contributed by atoms with E-state index in [-0.39, 0.29) is 0 Å². The third-order valence-corrected chi connectivity index (χ3v) is 5.05. The van der Waals surface area contributed by atoms with Gasteiger partial charge in [0, 0.05) is 19.1 Å². The molecule has 0 saturated carbocycles. The first-order chi connectivity index (χ1) is 14.8. The molecule has 2 rings (SSSR count). The van der Waals surface area contributed by atoms with E-state index in [1.165, 1.54) is 12.1 Å². The number of aliphatic hydroxyl groups excluding tert-OH is 2. The van der Waals surface area contributed by atoms with Crippen LogP contribution in [0, 0.1) is 5.92 Å². The second-order valence-electron chi connectivity index (χ2n) is 8.02. The molecule has 1 aromatic carbocycles. The zero-order chi connectivity index (χ0) is 24.5. The zero-order valence-electron chi connectivity index (χ0n) is 18.0. The number of hydrogen-bond acceptors (Lipinski definition) is 6. The van der Waals surface area contributed by atoms with Crippen molar-refractivity contribution in [3.8, 4) is 0 Å². The molecule has 1 fully saturated rings. The molecule has 1 aliphatic heterocycles. The molecule has 0 amide bonds. The lowest BCUT2D eigenvalue weighted by atomic mass is 10.0. The number of hydrogen-bond donors (Lipinski definition) is 5. The lowest BCUT2D eigenvalue weighted by molar-refractivity contribution is -0.165. The van der Waals surface area contributed by atoms with E-state index in [1.807, 2.05) is 0 Å². The number of aliphatic hydroxyl groups is 2. The Morgan fingerprint density at radius 3 is 2.12 bits per heavy atom. The van der Waals surface area contributed by atoms with Crippen LogP contribution in [0.2, 0.25) is 0 Å². The van der Waals surface area contributed by atoms with E-state index in [1.54, 1.807) is 12.1 Å². The van der Waals surface area contributed by atoms with Gasteiger partial charge in [-0.15, -0.1) is 0 Å². The highest BCUT2D eigenvalue weighted by Crippen LogP contribution is 2.32. The van der Waals surface area contributed by atoms with Gasteiger partial charge >= 0.3 is 18.1 Å². The van der Waals surface area contributed by atoms with Gasteiger partial charge in [0.25, 0.3) is 0 Å². The topological polar surface area (TPSA) is 130 Å². The second kappa shape index (κ2) is 12.7. The summed E-state index contributed by atoms with van der Waals surface area (Å²) in [5.74, 6) is -2.99. The van der Waals surface area contributed by atoms with Gasteiger partial charge in [-0.1, -0.05) is 32.0 Å². The molecular formula is C21H31F3N2O6. The van der Waals surface area contributed by atoms with Gasteiger partial charge < -0.3 is 25.7 Å². The number of carbonyl (C=O) groups is 2. The predicted octanol–water partition coefficient (Wildman–Crippen LogP) is 1.79. The Labute approximate surface area is 184 Å². The maximum Gasteiger partial charge on any atom is 0.416 e. The first-order valence-corrected chi connectivity index (χ1v) is 10.3. The van der Waals surface area contributed by atoms with Gasteiger partial charge in [0.1, 0.15) is 0 Å². The minimum atomic E-state index is -4.28. The van der Waals surface area contributed by atoms with Crippen LogP contribution in [0.25, 0.3) is 0 Å². The number of benzene rings is 1. The normalized spacial score (nSPS) is 18.2. The van der Waals surface area contributed by atoms with Crippen molar-refractivity contribution in [2.75, 3.05) is 19.6 Å². The summed E-state index contributed by atoms with van der Waals surface area (Å²) in [6.45, 7) is 7.32. The van der Waals surface area contributed by atoms with E-state index >= 15 is 0 Å². The smallest absolute Gasteiger partial charge is 0.416 e. The predicted molar refractivity (Wildman–Crippen MR) is 110 cm³/mol. The number of halogens is 3. The van der Waals surface area contributed by atoms with Gasteiger partial charge in [0.2, 0.25) is 0 Å². The molecule has 0 radical (unpaired) electrons. The number of carboxylic acids is 2. The second-order valence-corrected chi connectivity index (χ2v) is 8.02. The van der Waals surface area contributed by atoms with Crippen LogP contribution in [-0.2, 0) is 22.3 Å². The molecule has 1 aromatic rings. The van der Waals surface area contributed by atoms with Crippen LogP contribution >= 0.6 is 0 Å². The minimum Gasteiger partial charge on any atom is -0.479 e. The number of alkyl halides is 3. The largest absolute Gasteiger partial charge is 0.479 e. The van der Waals surface area contributed by atoms with Crippen molar-refractivity contribution in [1.29, 1.82) is 0 Å². The van der Waals surface area contributed by atoms with E-state index in [0.717, 1.165) is 32.5 Å². The highest BCUT2D eigenvalue weighted by Gasteiger charge is 2.34. The molecule has 1 saturated heterocycles. The maximum atomic E-state index is 13.2. The number of carboxylic acid groups (broad SMARTS) is 2. The molecule has 182 valence electrons. The van der Waals surface area contributed by atoms with E-state index in [9.17, 15) is 22.8 Å². The van der Waals surface area contributed by atoms with Crippen molar-refractivity contribution in [2.45, 2.75) is 57.7 Å². The number of rotatable bonds is 9. The number of nitrogens with one attached hydrogen (secondary N) is 1. The SMILES string of the molecule is CC(C)CCN(Cc1ccccc1C(F)(F)F)[C@H]1CCNC1.O=C(O)C(O)C(O)C(=O)O. The fourth-order valence-electron chi connectivity index (χ4n) is 3.19. The van der Waals surface area contributed by atoms with Crippen molar-refractivity contribution in [2.24, 2.45) is 5.92 Å². The van der Waals surface area contributed by atoms with Gasteiger partial charge in [0.05, 0.1) is 5.56 Å². The molecule has 32 heavy (non-hydrogen) atoms. The van der Waals surface area contributed by atoms with E-state index in [0.29, 0.717) is 24.1 Å². The molecule has 1 heterocycles. The number of aliphatic carboxylic acids is 2. The lowest BCUT2D eigenvalue weighted by Gasteiger charge is -2.30. The third kappa shape index (κ3) is 9.11. The van der Waals surface area contributed by atoms with Crippen LogP contribution in [0.15, 0.2) is 24.3 Å². The highest BCUT2D eigenvalue weighted by molar-refractivity contribution is 5.83. The van der Waals surface area contributed by atoms with Gasteiger partial charge in [-0.2, -0.15) is 13.2 Å². The molecule has 0 aliphatic carbocycles. The molecule has 2 unspecified atom stereocenters. The third-order valence-electron chi connectivity index (χ3n) is 5.05. The van der Waals surface area contributed by atoms with Crippen molar-refractivity contribution in [3.05, 3.63) is 35.4 Å². The molecule has 0 bridgehead atoms. The standard InChI is InChI=1S/C17H25F3N2.C4H6O6/c1-13(2)8-10-22(15-7-9-21-11-15)12-14-5-3-4-6-16(14)17(18,19)20;5-1(3(7)8)2(6)4(9)10/h3-6,13,15,21H,7-12H2,1-2H3;1-2,5-6H,(H,7,8)(H,9,10)/t15-;/m0./s1. The monoisotopic (exact) mass is 464 g/mol. The zero-order valence-corrected chi connectivity index (χ0v) is 18.0. The average Bonchev–Trinajstić information content (AvgIpc) is 3.24. The van der Waals surface area contributed by atoms with Crippen LogP contribution in [0.3, 0.4) is 0 Å². The Balaban J connectivity index is 0.000000433. The van der Waals surface area contributed by atoms with E-state index in [2.05, 4.69) is 24.1 Å². The van der Waals surface area contributed by atoms with Crippen molar-refractivity contribution < 1.29 is 43.2 Å². The van der Waals surface area contributed by atoms with Gasteiger partial charge in [-0.05, 0) is 43.5 Å². The van der Waals surface area contributed by atoms with Crippen LogP contribution in [-0.4, -0.2) is 75.1 Å². The Morgan fingerprint density at radius 2 is 1.69 bits per heavy atom. The summed E-state index contributed by atoms with van der Waals surface area (Å²) < 4.78 is 39.5. The van der Waals surface area contributed by atoms with Crippen LogP contribution in [0.4, 0.5) is 13.2 Å². The molecule has 0 aromatic heterocycles. The summed E-state index contributed by atoms with van der Waals surface area (Å²) in [5, 5.41) is 35.8. The summed E-state index contributed by atoms with van der Waals surface area (Å²) in [6.07, 6.45) is -6.81. The molecule has 0 spiro atoms. The summed E-state index contributed by atoms with van der Waals surface area (Å²) in [6, 6.07) is 6.27. The van der Waals surface area contributed by atoms with Gasteiger partial charge in [0.15, 0.2) is 12.2 Å². The van der Waals surface area contributed by atoms with Crippen LogP contribution in [0.5, 0.6) is 0 Å². The molecule has 1 aliphatic rings. The van der Waals surface area contributed by atoms with Crippen molar-refractivity contribution in [1.82, 2.24) is 10.2 Å². The lowest BCUT2D eigenvalue weighted by Crippen LogP contribution is -2.39. The Kier molecular flexibility index (Phi) is 11.1. The summed E-state index contributed by atoms with van der Waals surface area (Å²) in [4.78, 5) is 21.8. The fourth-order valence-corrected chi connectivity index (χ4v) is 3.19. The maximum absolute atomic E-state index is 13.2. The molecule has 5 N–H and O–H groups in total. The summed E-state index contributed by atoms with van der Waals surface area (Å²) >= 11 is 0. The molecular weight excluding hydrogens is 433 g/mol. The highest BCUT2D eigenvalue weighted by atomic mass is 19.4. The Morgan fingerprint density at radius 1 is 1.12 bits per heavy atom. The van der Waals surface area contributed by atoms with Crippen LogP contribution < -0.4 is 5.32 Å².